The van der Waals surface area contributed by atoms with Crippen LogP contribution in [0.15, 0.2) is 0 Å². The van der Waals surface area contributed by atoms with Crippen molar-refractivity contribution in [1.82, 2.24) is 5.32 Å². The molecule has 104 valence electrons. The molecule has 0 aromatic rings. The van der Waals surface area contributed by atoms with E-state index in [4.69, 9.17) is 0 Å². The molecule has 5 heteroatoms. The number of amides is 1. The third-order valence-corrected chi connectivity index (χ3v) is 1.70. The fourth-order valence-corrected chi connectivity index (χ4v) is 1.49. The molecular formula is C13H23NO4. The van der Waals surface area contributed by atoms with E-state index in [9.17, 15) is 19.2 Å². The van der Waals surface area contributed by atoms with E-state index < -0.39 is 5.54 Å². The van der Waals surface area contributed by atoms with Gasteiger partial charge in [0.05, 0.1) is 6.42 Å². The lowest BCUT2D eigenvalue weighted by Crippen LogP contribution is -2.43. The summed E-state index contributed by atoms with van der Waals surface area (Å²) < 4.78 is 0. The molecule has 0 atom stereocenters. The molecule has 0 heterocycles. The van der Waals surface area contributed by atoms with Crippen LogP contribution in [0, 0.1) is 0 Å². The zero-order valence-electron chi connectivity index (χ0n) is 12.0. The number of ketones is 3. The largest absolute Gasteiger partial charge is 0.351 e. The van der Waals surface area contributed by atoms with Crippen molar-refractivity contribution in [1.29, 1.82) is 0 Å². The van der Waals surface area contributed by atoms with Gasteiger partial charge in [-0.05, 0) is 34.6 Å². The topological polar surface area (TPSA) is 80.3 Å². The van der Waals surface area contributed by atoms with Crippen LogP contribution in [0.2, 0.25) is 0 Å². The van der Waals surface area contributed by atoms with Crippen molar-refractivity contribution < 1.29 is 19.2 Å². The fraction of sp³-hybridized carbons (Fsp3) is 0.692. The summed E-state index contributed by atoms with van der Waals surface area (Å²) in [6, 6.07) is 0. The van der Waals surface area contributed by atoms with Gasteiger partial charge in [0.25, 0.3) is 0 Å². The van der Waals surface area contributed by atoms with Gasteiger partial charge in [0.2, 0.25) is 5.91 Å². The van der Waals surface area contributed by atoms with E-state index in [1.165, 1.54) is 27.7 Å². The Balaban J connectivity index is 0. The molecule has 0 saturated carbocycles. The summed E-state index contributed by atoms with van der Waals surface area (Å²) in [6.45, 7) is 9.43. The monoisotopic (exact) mass is 257 g/mol. The van der Waals surface area contributed by atoms with Gasteiger partial charge in [-0.25, -0.2) is 0 Å². The van der Waals surface area contributed by atoms with Crippen LogP contribution in [-0.4, -0.2) is 28.8 Å². The van der Waals surface area contributed by atoms with Crippen LogP contribution >= 0.6 is 0 Å². The van der Waals surface area contributed by atoms with Crippen molar-refractivity contribution in [2.75, 3.05) is 0 Å². The molecule has 0 aliphatic carbocycles. The van der Waals surface area contributed by atoms with Crippen LogP contribution in [0.4, 0.5) is 0 Å². The first-order chi connectivity index (χ1) is 7.96. The van der Waals surface area contributed by atoms with Crippen molar-refractivity contribution in [3.63, 3.8) is 0 Å². The highest BCUT2D eigenvalue weighted by Crippen LogP contribution is 2.07. The molecule has 18 heavy (non-hydrogen) atoms. The molecule has 0 unspecified atom stereocenters. The van der Waals surface area contributed by atoms with Gasteiger partial charge in [-0.2, -0.15) is 0 Å². The van der Waals surface area contributed by atoms with Gasteiger partial charge in [-0.15, -0.1) is 0 Å². The number of carbonyl (C=O) groups is 4. The van der Waals surface area contributed by atoms with Gasteiger partial charge in [0.1, 0.15) is 17.3 Å². The summed E-state index contributed by atoms with van der Waals surface area (Å²) in [5.74, 6) is -0.139. The molecule has 0 bridgehead atoms. The number of rotatable bonds is 5. The first kappa shape index (κ1) is 18.8. The Hall–Kier alpha value is -1.52. The zero-order chi connectivity index (χ0) is 14.9. The maximum absolute atomic E-state index is 10.7. The van der Waals surface area contributed by atoms with E-state index >= 15 is 0 Å². The molecule has 0 aromatic heterocycles. The molecule has 0 aliphatic rings. The Morgan fingerprint density at radius 2 is 1.22 bits per heavy atom. The number of hydrogen-bond donors (Lipinski definition) is 1. The second-order valence-electron chi connectivity index (χ2n) is 5.02. The quantitative estimate of drug-likeness (QED) is 0.756. The van der Waals surface area contributed by atoms with E-state index in [1.54, 1.807) is 0 Å². The number of carbonyl (C=O) groups excluding carboxylic acids is 4. The van der Waals surface area contributed by atoms with Crippen molar-refractivity contribution in [2.24, 2.45) is 0 Å². The van der Waals surface area contributed by atoms with Gasteiger partial charge in [0, 0.05) is 18.9 Å². The first-order valence-corrected chi connectivity index (χ1v) is 5.73. The third-order valence-electron chi connectivity index (χ3n) is 1.70. The normalized spacial score (nSPS) is 9.89. The summed E-state index contributed by atoms with van der Waals surface area (Å²) in [6.07, 6.45) is 0.465. The summed E-state index contributed by atoms with van der Waals surface area (Å²) in [5.41, 5.74) is -0.405. The van der Waals surface area contributed by atoms with Crippen LogP contribution < -0.4 is 5.32 Å². The van der Waals surface area contributed by atoms with Gasteiger partial charge in [-0.1, -0.05) is 0 Å². The van der Waals surface area contributed by atoms with Crippen molar-refractivity contribution in [3.05, 3.63) is 0 Å². The number of hydrogen-bond acceptors (Lipinski definition) is 4. The predicted molar refractivity (Wildman–Crippen MR) is 69.2 cm³/mol. The first-order valence-electron chi connectivity index (χ1n) is 5.73. The zero-order valence-corrected chi connectivity index (χ0v) is 12.0. The second kappa shape index (κ2) is 8.55. The maximum atomic E-state index is 10.7. The van der Waals surface area contributed by atoms with E-state index in [2.05, 4.69) is 5.32 Å². The van der Waals surface area contributed by atoms with E-state index in [1.807, 2.05) is 13.8 Å². The SMILES string of the molecule is CC(=O)CC(C)(C)NC(C)=O.CC(=O)CC(C)=O. The Morgan fingerprint density at radius 3 is 1.39 bits per heavy atom. The molecule has 0 radical (unpaired) electrons. The van der Waals surface area contributed by atoms with E-state index in [-0.39, 0.29) is 29.7 Å². The van der Waals surface area contributed by atoms with Crippen LogP contribution in [0.1, 0.15) is 54.4 Å². The lowest BCUT2D eigenvalue weighted by Gasteiger charge is -2.23. The molecule has 0 spiro atoms. The predicted octanol–water partition coefficient (Wildman–Crippen LogP) is 1.43. The van der Waals surface area contributed by atoms with Crippen LogP contribution in [0.25, 0.3) is 0 Å². The Bertz CT molecular complexity index is 302. The number of Topliss-reactive ketones (excluding diaryl/α,β-unsaturated/α-hetero) is 3. The molecule has 0 rings (SSSR count). The van der Waals surface area contributed by atoms with Crippen LogP contribution in [0.5, 0.6) is 0 Å². The molecule has 1 N–H and O–H groups in total. The number of nitrogens with one attached hydrogen (secondary N) is 1. The molecule has 0 fully saturated rings. The highest BCUT2D eigenvalue weighted by molar-refractivity contribution is 5.96. The smallest absolute Gasteiger partial charge is 0.217 e. The van der Waals surface area contributed by atoms with E-state index in [0.29, 0.717) is 6.42 Å². The van der Waals surface area contributed by atoms with Gasteiger partial charge < -0.3 is 5.32 Å². The Morgan fingerprint density at radius 1 is 0.833 bits per heavy atom. The van der Waals surface area contributed by atoms with Crippen molar-refractivity contribution in [2.45, 2.75) is 59.9 Å². The lowest BCUT2D eigenvalue weighted by molar-refractivity contribution is -0.125. The summed E-state index contributed by atoms with van der Waals surface area (Å²) >= 11 is 0. The van der Waals surface area contributed by atoms with E-state index in [0.717, 1.165) is 0 Å². The van der Waals surface area contributed by atoms with Crippen LogP contribution in [-0.2, 0) is 19.2 Å². The molecule has 0 aromatic carbocycles. The summed E-state index contributed by atoms with van der Waals surface area (Å²) in [4.78, 5) is 41.4. The standard InChI is InChI=1S/C8H15NO2.C5H8O2/c1-6(10)5-8(3,4)9-7(2)11;1-4(6)3-5(2)7/h5H2,1-4H3,(H,9,11);3H2,1-2H3. The molecular weight excluding hydrogens is 234 g/mol. The molecule has 1 amide bonds. The summed E-state index contributed by atoms with van der Waals surface area (Å²) in [5, 5.41) is 2.69. The molecule has 5 nitrogen and oxygen atoms in total. The summed E-state index contributed by atoms with van der Waals surface area (Å²) in [7, 11) is 0. The third kappa shape index (κ3) is 16.9. The Kier molecular flexibility index (Phi) is 8.95. The molecule has 0 aliphatic heterocycles. The fourth-order valence-electron chi connectivity index (χ4n) is 1.49. The highest BCUT2D eigenvalue weighted by Gasteiger charge is 2.20. The minimum atomic E-state index is -0.405. The van der Waals surface area contributed by atoms with Crippen molar-refractivity contribution in [3.8, 4) is 0 Å². The molecule has 0 saturated heterocycles. The average molecular weight is 257 g/mol. The maximum Gasteiger partial charge on any atom is 0.217 e. The van der Waals surface area contributed by atoms with Crippen molar-refractivity contribution >= 4 is 23.3 Å². The van der Waals surface area contributed by atoms with Gasteiger partial charge >= 0.3 is 0 Å². The minimum Gasteiger partial charge on any atom is -0.351 e. The lowest BCUT2D eigenvalue weighted by atomic mass is 9.98. The minimum absolute atomic E-state index is 0.0625. The Labute approximate surface area is 108 Å². The van der Waals surface area contributed by atoms with Gasteiger partial charge in [0.15, 0.2) is 0 Å². The van der Waals surface area contributed by atoms with Gasteiger partial charge in [-0.3, -0.25) is 19.2 Å². The second-order valence-corrected chi connectivity index (χ2v) is 5.02. The van der Waals surface area contributed by atoms with Crippen LogP contribution in [0.3, 0.4) is 0 Å². The average Bonchev–Trinajstić information content (AvgIpc) is 1.94. The highest BCUT2D eigenvalue weighted by atomic mass is 16.2.